The fourth-order valence-electron chi connectivity index (χ4n) is 1.36. The van der Waals surface area contributed by atoms with Gasteiger partial charge in [0.05, 0.1) is 11.6 Å². The summed E-state index contributed by atoms with van der Waals surface area (Å²) in [6, 6.07) is 7.10. The zero-order chi connectivity index (χ0) is 12.4. The summed E-state index contributed by atoms with van der Waals surface area (Å²) >= 11 is 0. The second kappa shape index (κ2) is 4.25. The van der Waals surface area contributed by atoms with Crippen LogP contribution in [0.15, 0.2) is 38.6 Å². The van der Waals surface area contributed by atoms with Crippen LogP contribution in [0.3, 0.4) is 0 Å². The summed E-state index contributed by atoms with van der Waals surface area (Å²) in [6.45, 7) is 1.94. The van der Waals surface area contributed by atoms with Crippen molar-refractivity contribution in [1.82, 2.24) is 5.27 Å². The minimum absolute atomic E-state index is 0.134. The average molecular weight is 233 g/mol. The van der Waals surface area contributed by atoms with Crippen molar-refractivity contribution < 1.29 is 14.3 Å². The molecule has 6 heteroatoms. The first-order chi connectivity index (χ1) is 8.08. The lowest BCUT2D eigenvalue weighted by atomic mass is 10.2. The van der Waals surface area contributed by atoms with Gasteiger partial charge < -0.3 is 5.11 Å². The zero-order valence-corrected chi connectivity index (χ0v) is 9.43. The molecule has 6 nitrogen and oxygen atoms in total. The number of hydrogen-bond donors (Lipinski definition) is 1. The molecule has 0 spiro atoms. The van der Waals surface area contributed by atoms with E-state index in [2.05, 4.69) is 14.8 Å². The first-order valence-electron chi connectivity index (χ1n) is 4.98. The van der Waals surface area contributed by atoms with Crippen LogP contribution >= 0.6 is 0 Å². The van der Waals surface area contributed by atoms with E-state index in [0.29, 0.717) is 5.69 Å². The van der Waals surface area contributed by atoms with Crippen LogP contribution in [0.4, 0.5) is 5.69 Å². The largest absolute Gasteiger partial charge is 0.854 e. The monoisotopic (exact) mass is 233 g/mol. The van der Waals surface area contributed by atoms with Gasteiger partial charge in [0, 0.05) is 0 Å². The van der Waals surface area contributed by atoms with Crippen molar-refractivity contribution in [3.8, 4) is 0 Å². The highest BCUT2D eigenvalue weighted by Gasteiger charge is 2.17. The van der Waals surface area contributed by atoms with Gasteiger partial charge in [0.25, 0.3) is 0 Å². The van der Waals surface area contributed by atoms with Crippen LogP contribution < -0.4 is 15.4 Å². The second-order valence-corrected chi connectivity index (χ2v) is 3.64. The van der Waals surface area contributed by atoms with Gasteiger partial charge in [-0.05, 0) is 24.3 Å². The molecule has 0 fully saturated rings. The Balaban J connectivity index is 2.41. The number of benzene rings is 1. The summed E-state index contributed by atoms with van der Waals surface area (Å²) < 4.78 is 5.67. The lowest BCUT2D eigenvalue weighted by molar-refractivity contribution is -0.742. The summed E-state index contributed by atoms with van der Waals surface area (Å²) in [5.74, 6) is -0.633. The first kappa shape index (κ1) is 11.1. The lowest BCUT2D eigenvalue weighted by Crippen LogP contribution is -2.43. The summed E-state index contributed by atoms with van der Waals surface area (Å²) in [5.41, 5.74) is 0.711. The molecule has 1 heterocycles. The zero-order valence-electron chi connectivity index (χ0n) is 9.43. The van der Waals surface area contributed by atoms with Crippen molar-refractivity contribution in [2.24, 2.45) is 12.0 Å². The third-order valence-electron chi connectivity index (χ3n) is 2.27. The molecule has 0 aliphatic carbocycles. The van der Waals surface area contributed by atoms with Crippen molar-refractivity contribution in [2.75, 3.05) is 0 Å². The highest BCUT2D eigenvalue weighted by molar-refractivity contribution is 5.88. The molecule has 1 aromatic heterocycles. The number of nitrogens with one attached hydrogen (secondary N) is 1. The highest BCUT2D eigenvalue weighted by Crippen LogP contribution is 2.12. The van der Waals surface area contributed by atoms with Gasteiger partial charge in [0.15, 0.2) is 7.05 Å². The second-order valence-electron chi connectivity index (χ2n) is 3.64. The molecule has 88 valence electrons. The van der Waals surface area contributed by atoms with E-state index >= 15 is 0 Å². The van der Waals surface area contributed by atoms with Crippen LogP contribution in [0.1, 0.15) is 11.3 Å². The van der Waals surface area contributed by atoms with Crippen LogP contribution in [0, 0.1) is 6.92 Å². The van der Waals surface area contributed by atoms with Crippen LogP contribution in [0.5, 0.6) is 0 Å². The molecule has 1 N–H and O–H groups in total. The summed E-state index contributed by atoms with van der Waals surface area (Å²) in [4.78, 5) is 15.1. The van der Waals surface area contributed by atoms with E-state index in [4.69, 9.17) is 0 Å². The molecule has 0 radical (unpaired) electrons. The molecule has 2 aromatic rings. The molecule has 0 aliphatic heterocycles. The van der Waals surface area contributed by atoms with Gasteiger partial charge in [-0.15, -0.1) is 0 Å². The molecule has 0 aliphatic rings. The predicted octanol–water partition coefficient (Wildman–Crippen LogP) is -0.461. The molecule has 0 saturated carbocycles. The number of H-pyrrole nitrogens is 1. The van der Waals surface area contributed by atoms with E-state index < -0.39 is 11.5 Å². The third-order valence-corrected chi connectivity index (χ3v) is 2.27. The molecule has 0 unspecified atom stereocenters. The summed E-state index contributed by atoms with van der Waals surface area (Å²) in [5, 5.41) is 14.0. The fraction of sp³-hybridized carbons (Fsp3) is 0.182. The molecule has 0 saturated heterocycles. The van der Waals surface area contributed by atoms with Gasteiger partial charge in [-0.1, -0.05) is 22.4 Å². The fourth-order valence-corrected chi connectivity index (χ4v) is 1.36. The van der Waals surface area contributed by atoms with Crippen LogP contribution in [0.25, 0.3) is 0 Å². The van der Waals surface area contributed by atoms with Crippen LogP contribution in [-0.4, -0.2) is 11.2 Å². The van der Waals surface area contributed by atoms with Crippen molar-refractivity contribution in [1.29, 1.82) is 0 Å². The number of aromatic nitrogens is 2. The number of hydrogen-bond acceptors (Lipinski definition) is 4. The van der Waals surface area contributed by atoms with E-state index in [0.717, 1.165) is 5.56 Å². The van der Waals surface area contributed by atoms with Crippen molar-refractivity contribution in [3.63, 3.8) is 0 Å². The summed E-state index contributed by atoms with van der Waals surface area (Å²) in [7, 11) is 1.50. The summed E-state index contributed by atoms with van der Waals surface area (Å²) in [6.07, 6.45) is 0. The van der Waals surface area contributed by atoms with Gasteiger partial charge in [0.2, 0.25) is 0 Å². The molecular weight excluding hydrogens is 222 g/mol. The van der Waals surface area contributed by atoms with Crippen molar-refractivity contribution >= 4 is 11.6 Å². The molecule has 1 aromatic carbocycles. The van der Waals surface area contributed by atoms with Gasteiger partial charge in [-0.3, -0.25) is 9.52 Å². The molecule has 0 bridgehead atoms. The Morgan fingerprint density at radius 2 is 2.06 bits per heavy atom. The minimum atomic E-state index is -0.728. The minimum Gasteiger partial charge on any atom is -0.854 e. The maximum Gasteiger partial charge on any atom is 0.435 e. The molecule has 17 heavy (non-hydrogen) atoms. The van der Waals surface area contributed by atoms with Gasteiger partial charge in [0.1, 0.15) is 0 Å². The topological polar surface area (TPSA) is 85.3 Å². The quantitative estimate of drug-likeness (QED) is 0.432. The lowest BCUT2D eigenvalue weighted by Gasteiger charge is -2.03. The van der Waals surface area contributed by atoms with Gasteiger partial charge in [-0.25, -0.2) is 4.79 Å². The van der Waals surface area contributed by atoms with E-state index in [1.54, 1.807) is 12.1 Å². The number of nitrogens with zero attached hydrogens (tertiary/aromatic N) is 2. The Morgan fingerprint density at radius 3 is 2.59 bits per heavy atom. The number of aromatic amines is 1. The third kappa shape index (κ3) is 2.25. The molecule has 0 atom stereocenters. The standard InChI is InChI=1S/C11H11N3O3/c1-7-3-5-8(6-4-7)12-10(15)9-11(16)17-13-14(9)2/h3-6H,1-2H3,(H-,12,13,15,16). The van der Waals surface area contributed by atoms with E-state index in [1.165, 1.54) is 11.7 Å². The SMILES string of the molecule is Cc1ccc(N=C([O-])c2c(=O)o[nH][n+]2C)cc1. The first-order valence-corrected chi connectivity index (χ1v) is 4.98. The Hall–Kier alpha value is -2.37. The molecule has 0 amide bonds. The number of aryl methyl sites for hydroxylation is 2. The Kier molecular flexibility index (Phi) is 2.78. The van der Waals surface area contributed by atoms with E-state index in [1.807, 2.05) is 19.1 Å². The maximum atomic E-state index is 11.7. The maximum absolute atomic E-state index is 11.7. The average Bonchev–Trinajstić information content (AvgIpc) is 2.62. The Labute approximate surface area is 96.8 Å². The number of aliphatic imine (C=N–C) groups is 1. The predicted molar refractivity (Wildman–Crippen MR) is 57.9 cm³/mol. The smallest absolute Gasteiger partial charge is 0.435 e. The van der Waals surface area contributed by atoms with E-state index in [9.17, 15) is 9.90 Å². The van der Waals surface area contributed by atoms with Crippen LogP contribution in [-0.2, 0) is 7.05 Å². The Morgan fingerprint density at radius 1 is 1.41 bits per heavy atom. The highest BCUT2D eigenvalue weighted by atomic mass is 16.5. The van der Waals surface area contributed by atoms with Crippen LogP contribution in [0.2, 0.25) is 0 Å². The Bertz CT molecular complexity index is 608. The molecular formula is C11H11N3O3. The van der Waals surface area contributed by atoms with E-state index in [-0.39, 0.29) is 5.69 Å². The molecule has 2 rings (SSSR count). The van der Waals surface area contributed by atoms with Crippen molar-refractivity contribution in [3.05, 3.63) is 45.9 Å². The van der Waals surface area contributed by atoms with Gasteiger partial charge in [-0.2, -0.15) is 0 Å². The number of rotatable bonds is 2. The van der Waals surface area contributed by atoms with Crippen molar-refractivity contribution in [2.45, 2.75) is 6.92 Å². The van der Waals surface area contributed by atoms with Gasteiger partial charge >= 0.3 is 11.3 Å². The normalized spacial score (nSPS) is 11.8.